The summed E-state index contributed by atoms with van der Waals surface area (Å²) < 4.78 is 18.2. The maximum absolute atomic E-state index is 13.1. The van der Waals surface area contributed by atoms with Gasteiger partial charge >= 0.3 is 6.09 Å². The van der Waals surface area contributed by atoms with Crippen molar-refractivity contribution in [3.63, 3.8) is 0 Å². The highest BCUT2D eigenvalue weighted by molar-refractivity contribution is 5.89. The zero-order chi connectivity index (χ0) is 12.4. The van der Waals surface area contributed by atoms with Gasteiger partial charge in [0.05, 0.1) is 12.3 Å². The van der Waals surface area contributed by atoms with E-state index in [-0.39, 0.29) is 18.0 Å². The molecule has 92 valence electrons. The zero-order valence-electron chi connectivity index (χ0n) is 10.1. The molecule has 0 saturated heterocycles. The third kappa shape index (κ3) is 2.25. The number of benzene rings is 1. The molecule has 1 aromatic carbocycles. The van der Waals surface area contributed by atoms with Crippen LogP contribution >= 0.6 is 0 Å². The van der Waals surface area contributed by atoms with Gasteiger partial charge in [0.15, 0.2) is 0 Å². The van der Waals surface area contributed by atoms with E-state index in [1.807, 2.05) is 6.92 Å². The van der Waals surface area contributed by atoms with Gasteiger partial charge in [-0.2, -0.15) is 0 Å². The van der Waals surface area contributed by atoms with Crippen LogP contribution in [0.25, 0.3) is 0 Å². The molecule has 0 N–H and O–H groups in total. The van der Waals surface area contributed by atoms with Crippen LogP contribution in [0.3, 0.4) is 0 Å². The van der Waals surface area contributed by atoms with Crippen molar-refractivity contribution in [1.29, 1.82) is 0 Å². The third-order valence-electron chi connectivity index (χ3n) is 3.04. The lowest BCUT2D eigenvalue weighted by atomic mass is 9.97. The minimum absolute atomic E-state index is 0.0898. The zero-order valence-corrected chi connectivity index (χ0v) is 10.1. The predicted molar refractivity (Wildman–Crippen MR) is 63.7 cm³/mol. The molecule has 1 aliphatic rings. The van der Waals surface area contributed by atoms with Gasteiger partial charge in [0.25, 0.3) is 0 Å². The molecule has 3 nitrogen and oxygen atoms in total. The molecule has 2 rings (SSSR count). The van der Waals surface area contributed by atoms with E-state index in [4.69, 9.17) is 4.74 Å². The van der Waals surface area contributed by atoms with E-state index < -0.39 is 0 Å². The highest BCUT2D eigenvalue weighted by atomic mass is 19.1. The molecule has 1 aromatic rings. The third-order valence-corrected chi connectivity index (χ3v) is 3.04. The number of halogens is 1. The van der Waals surface area contributed by atoms with Gasteiger partial charge in [-0.15, -0.1) is 0 Å². The fourth-order valence-electron chi connectivity index (χ4n) is 2.19. The Balaban J connectivity index is 2.36. The number of carbonyl (C=O) groups excluding carboxylic acids is 1. The molecule has 1 aliphatic heterocycles. The van der Waals surface area contributed by atoms with Crippen molar-refractivity contribution in [2.75, 3.05) is 11.5 Å². The van der Waals surface area contributed by atoms with E-state index in [2.05, 4.69) is 0 Å². The highest BCUT2D eigenvalue weighted by Gasteiger charge is 2.29. The number of fused-ring (bicyclic) bond motifs is 1. The summed E-state index contributed by atoms with van der Waals surface area (Å²) in [6.45, 7) is 4.10. The van der Waals surface area contributed by atoms with Crippen LogP contribution in [-0.4, -0.2) is 18.7 Å². The van der Waals surface area contributed by atoms with Gasteiger partial charge in [-0.05, 0) is 50.5 Å². The van der Waals surface area contributed by atoms with Crippen molar-refractivity contribution in [2.24, 2.45) is 0 Å². The van der Waals surface area contributed by atoms with Gasteiger partial charge in [-0.1, -0.05) is 0 Å². The molecule has 0 saturated carbocycles. The van der Waals surface area contributed by atoms with Crippen LogP contribution in [0, 0.1) is 5.82 Å². The normalized spacial score (nSPS) is 18.8. The van der Waals surface area contributed by atoms with Crippen LogP contribution in [0.15, 0.2) is 18.2 Å². The molecule has 0 unspecified atom stereocenters. The van der Waals surface area contributed by atoms with Crippen molar-refractivity contribution >= 4 is 11.8 Å². The summed E-state index contributed by atoms with van der Waals surface area (Å²) in [6, 6.07) is 4.61. The van der Waals surface area contributed by atoms with Crippen LogP contribution in [0.5, 0.6) is 0 Å². The number of nitrogens with zero attached hydrogens (tertiary/aromatic N) is 1. The number of rotatable bonds is 1. The molecule has 0 aliphatic carbocycles. The average molecular weight is 237 g/mol. The Kier molecular flexibility index (Phi) is 3.31. The summed E-state index contributed by atoms with van der Waals surface area (Å²) in [5.41, 5.74) is 1.64. The van der Waals surface area contributed by atoms with Crippen molar-refractivity contribution in [2.45, 2.75) is 32.7 Å². The van der Waals surface area contributed by atoms with Crippen molar-refractivity contribution < 1.29 is 13.9 Å². The number of hydrogen-bond donors (Lipinski definition) is 0. The lowest BCUT2D eigenvalue weighted by molar-refractivity contribution is 0.156. The summed E-state index contributed by atoms with van der Waals surface area (Å²) in [6.07, 6.45) is 1.27. The molecule has 1 amide bonds. The molecule has 0 spiro atoms. The standard InChI is InChI=1S/C13H16FNO2/c1-3-17-13(16)15-9(2)4-5-10-8-11(14)6-7-12(10)15/h6-9H,3-5H2,1-2H3/t9-/m1/s1. The molecule has 0 fully saturated rings. The molecule has 17 heavy (non-hydrogen) atoms. The lowest BCUT2D eigenvalue weighted by Gasteiger charge is -2.34. The lowest BCUT2D eigenvalue weighted by Crippen LogP contribution is -2.42. The van der Waals surface area contributed by atoms with E-state index in [1.165, 1.54) is 12.1 Å². The van der Waals surface area contributed by atoms with Crippen LogP contribution in [0.4, 0.5) is 14.9 Å². The van der Waals surface area contributed by atoms with Crippen LogP contribution in [-0.2, 0) is 11.2 Å². The summed E-state index contributed by atoms with van der Waals surface area (Å²) in [4.78, 5) is 13.5. The van der Waals surface area contributed by atoms with Crippen molar-refractivity contribution in [3.8, 4) is 0 Å². The average Bonchev–Trinajstić information content (AvgIpc) is 2.29. The predicted octanol–water partition coefficient (Wildman–Crippen LogP) is 3.12. The molecule has 0 aromatic heterocycles. The smallest absolute Gasteiger partial charge is 0.414 e. The molecule has 1 heterocycles. The maximum Gasteiger partial charge on any atom is 0.414 e. The summed E-state index contributed by atoms with van der Waals surface area (Å²) in [7, 11) is 0. The SMILES string of the molecule is CCOC(=O)N1c2ccc(F)cc2CC[C@H]1C. The second kappa shape index (κ2) is 4.73. The van der Waals surface area contributed by atoms with Crippen LogP contribution in [0.2, 0.25) is 0 Å². The Bertz CT molecular complexity index is 433. The first-order chi connectivity index (χ1) is 8.13. The van der Waals surface area contributed by atoms with E-state index in [1.54, 1.807) is 17.9 Å². The minimum Gasteiger partial charge on any atom is -0.449 e. The molecule has 0 radical (unpaired) electrons. The Hall–Kier alpha value is -1.58. The van der Waals surface area contributed by atoms with Crippen LogP contribution < -0.4 is 4.90 Å². The van der Waals surface area contributed by atoms with Gasteiger partial charge < -0.3 is 4.74 Å². The number of aryl methyl sites for hydroxylation is 1. The van der Waals surface area contributed by atoms with E-state index in [0.717, 1.165) is 24.1 Å². The van der Waals surface area contributed by atoms with E-state index in [9.17, 15) is 9.18 Å². The molecule has 4 heteroatoms. The quantitative estimate of drug-likeness (QED) is 0.751. The fourth-order valence-corrected chi connectivity index (χ4v) is 2.19. The summed E-state index contributed by atoms with van der Waals surface area (Å²) in [5, 5.41) is 0. The molecular formula is C13H16FNO2. The molecular weight excluding hydrogens is 221 g/mol. The number of amides is 1. The number of hydrogen-bond acceptors (Lipinski definition) is 2. The van der Waals surface area contributed by atoms with Crippen molar-refractivity contribution in [3.05, 3.63) is 29.6 Å². The Morgan fingerprint density at radius 3 is 3.06 bits per heavy atom. The van der Waals surface area contributed by atoms with Gasteiger partial charge in [-0.3, -0.25) is 4.90 Å². The van der Waals surface area contributed by atoms with E-state index >= 15 is 0 Å². The Labute approximate surface area is 100 Å². The second-order valence-electron chi connectivity index (χ2n) is 4.23. The van der Waals surface area contributed by atoms with Gasteiger partial charge in [0.1, 0.15) is 5.82 Å². The number of anilines is 1. The summed E-state index contributed by atoms with van der Waals surface area (Å²) >= 11 is 0. The second-order valence-corrected chi connectivity index (χ2v) is 4.23. The van der Waals surface area contributed by atoms with Crippen molar-refractivity contribution in [1.82, 2.24) is 0 Å². The number of carbonyl (C=O) groups is 1. The highest BCUT2D eigenvalue weighted by Crippen LogP contribution is 2.31. The van der Waals surface area contributed by atoms with Gasteiger partial charge in [-0.25, -0.2) is 9.18 Å². The first-order valence-corrected chi connectivity index (χ1v) is 5.88. The summed E-state index contributed by atoms with van der Waals surface area (Å²) in [5.74, 6) is -0.262. The molecule has 0 bridgehead atoms. The Morgan fingerprint density at radius 1 is 1.59 bits per heavy atom. The minimum atomic E-state index is -0.354. The monoisotopic (exact) mass is 237 g/mol. The fraction of sp³-hybridized carbons (Fsp3) is 0.462. The first kappa shape index (κ1) is 11.9. The van der Waals surface area contributed by atoms with Gasteiger partial charge in [0.2, 0.25) is 0 Å². The number of ether oxygens (including phenoxy) is 1. The Morgan fingerprint density at radius 2 is 2.35 bits per heavy atom. The van der Waals surface area contributed by atoms with Crippen LogP contribution in [0.1, 0.15) is 25.8 Å². The first-order valence-electron chi connectivity index (χ1n) is 5.88. The maximum atomic E-state index is 13.1. The largest absolute Gasteiger partial charge is 0.449 e. The van der Waals surface area contributed by atoms with E-state index in [0.29, 0.717) is 6.61 Å². The topological polar surface area (TPSA) is 29.5 Å². The molecule has 1 atom stereocenters. The van der Waals surface area contributed by atoms with Gasteiger partial charge in [0, 0.05) is 6.04 Å².